The average molecular weight is 387 g/mol. The van der Waals surface area contributed by atoms with Gasteiger partial charge in [-0.15, -0.1) is 0 Å². The van der Waals surface area contributed by atoms with Gasteiger partial charge in [0.1, 0.15) is 0 Å². The van der Waals surface area contributed by atoms with E-state index in [1.54, 1.807) is 17.3 Å². The molecule has 1 unspecified atom stereocenters. The number of urea groups is 1. The molecule has 5 heterocycles. The number of anilines is 3. The van der Waals surface area contributed by atoms with E-state index >= 15 is 0 Å². The molecule has 2 amide bonds. The van der Waals surface area contributed by atoms with E-state index in [0.717, 1.165) is 47.7 Å². The molecule has 29 heavy (non-hydrogen) atoms. The lowest BCUT2D eigenvalue weighted by Gasteiger charge is -2.35. The maximum atomic E-state index is 13.2. The lowest BCUT2D eigenvalue weighted by atomic mass is 10.1. The second-order valence-corrected chi connectivity index (χ2v) is 7.46. The number of fused-ring (bicyclic) bond motifs is 4. The highest BCUT2D eigenvalue weighted by Crippen LogP contribution is 2.40. The fraction of sp³-hybridized carbons (Fsp3) is 0.286. The van der Waals surface area contributed by atoms with Crippen molar-refractivity contribution in [2.45, 2.75) is 26.3 Å². The van der Waals surface area contributed by atoms with E-state index in [-0.39, 0.29) is 12.1 Å². The molecule has 2 aliphatic rings. The van der Waals surface area contributed by atoms with Gasteiger partial charge >= 0.3 is 6.03 Å². The van der Waals surface area contributed by atoms with Gasteiger partial charge in [0, 0.05) is 42.9 Å². The highest BCUT2D eigenvalue weighted by atomic mass is 16.2. The van der Waals surface area contributed by atoms with E-state index in [1.807, 2.05) is 25.3 Å². The fourth-order valence-electron chi connectivity index (χ4n) is 4.12. The van der Waals surface area contributed by atoms with Crippen LogP contribution in [0.25, 0.3) is 11.3 Å². The predicted octanol–water partition coefficient (Wildman–Crippen LogP) is 3.18. The number of nitrogens with one attached hydrogen (secondary N) is 1. The predicted molar refractivity (Wildman–Crippen MR) is 111 cm³/mol. The third-order valence-electron chi connectivity index (χ3n) is 5.49. The summed E-state index contributed by atoms with van der Waals surface area (Å²) in [4.78, 5) is 34.7. The van der Waals surface area contributed by atoms with Gasteiger partial charge in [0.2, 0.25) is 0 Å². The Balaban J connectivity index is 1.55. The summed E-state index contributed by atoms with van der Waals surface area (Å²) in [7, 11) is 0. The molecule has 1 saturated heterocycles. The number of rotatable bonds is 2. The van der Waals surface area contributed by atoms with Crippen LogP contribution in [0.15, 0.2) is 43.0 Å². The Morgan fingerprint density at radius 3 is 2.86 bits per heavy atom. The summed E-state index contributed by atoms with van der Waals surface area (Å²) in [5, 5.41) is 2.86. The lowest BCUT2D eigenvalue weighted by molar-refractivity contribution is 0.254. The van der Waals surface area contributed by atoms with Crippen LogP contribution >= 0.6 is 0 Å². The highest BCUT2D eigenvalue weighted by Gasteiger charge is 2.40. The third-order valence-corrected chi connectivity index (χ3v) is 5.49. The normalized spacial score (nSPS) is 17.2. The minimum absolute atomic E-state index is 0.0826. The van der Waals surface area contributed by atoms with Crippen molar-refractivity contribution in [1.29, 1.82) is 0 Å². The van der Waals surface area contributed by atoms with E-state index in [9.17, 15) is 4.79 Å². The number of carbonyl (C=O) groups excluding carboxylic acids is 1. The number of hydrogen-bond donors (Lipinski definition) is 1. The Hall–Kier alpha value is -3.55. The first-order valence-corrected chi connectivity index (χ1v) is 9.66. The van der Waals surface area contributed by atoms with Gasteiger partial charge in [-0.2, -0.15) is 0 Å². The van der Waals surface area contributed by atoms with Crippen LogP contribution in [-0.2, 0) is 0 Å². The molecule has 3 aromatic heterocycles. The van der Waals surface area contributed by atoms with Crippen LogP contribution in [0.4, 0.5) is 22.1 Å². The Kier molecular flexibility index (Phi) is 4.12. The molecule has 0 aliphatic carbocycles. The topological polar surface area (TPSA) is 87.1 Å². The molecule has 0 aromatic carbocycles. The number of amides is 2. The van der Waals surface area contributed by atoms with Crippen LogP contribution in [0.3, 0.4) is 0 Å². The molecule has 0 spiro atoms. The van der Waals surface area contributed by atoms with Crippen LogP contribution in [0.1, 0.15) is 17.7 Å². The zero-order valence-corrected chi connectivity index (χ0v) is 16.3. The average Bonchev–Trinajstić information content (AvgIpc) is 3.13. The molecule has 0 radical (unpaired) electrons. The van der Waals surface area contributed by atoms with Crippen LogP contribution < -0.4 is 15.1 Å². The molecule has 146 valence electrons. The zero-order valence-electron chi connectivity index (χ0n) is 16.3. The molecule has 8 heteroatoms. The minimum atomic E-state index is -0.235. The molecule has 1 atom stereocenters. The number of aryl methyl sites for hydroxylation is 2. The Labute approximate surface area is 168 Å². The van der Waals surface area contributed by atoms with E-state index < -0.39 is 0 Å². The van der Waals surface area contributed by atoms with E-state index in [0.29, 0.717) is 11.6 Å². The minimum Gasteiger partial charge on any atom is -0.366 e. The summed E-state index contributed by atoms with van der Waals surface area (Å²) < 4.78 is 0. The smallest absolute Gasteiger partial charge is 0.329 e. The van der Waals surface area contributed by atoms with E-state index in [4.69, 9.17) is 4.98 Å². The monoisotopic (exact) mass is 387 g/mol. The molecule has 1 fully saturated rings. The number of pyridine rings is 2. The summed E-state index contributed by atoms with van der Waals surface area (Å²) in [5.74, 6) is 1.10. The summed E-state index contributed by atoms with van der Waals surface area (Å²) in [6, 6.07) is 5.96. The first kappa shape index (κ1) is 17.5. The quantitative estimate of drug-likeness (QED) is 0.727. The van der Waals surface area contributed by atoms with Crippen molar-refractivity contribution in [3.05, 3.63) is 54.2 Å². The molecular weight excluding hydrogens is 366 g/mol. The molecular formula is C21H21N7O. The molecule has 8 nitrogen and oxygen atoms in total. The Morgan fingerprint density at radius 2 is 2.07 bits per heavy atom. The molecule has 1 N–H and O–H groups in total. The number of hydrogen-bond acceptors (Lipinski definition) is 6. The van der Waals surface area contributed by atoms with Gasteiger partial charge < -0.3 is 4.90 Å². The van der Waals surface area contributed by atoms with Crippen LogP contribution in [0.5, 0.6) is 0 Å². The maximum Gasteiger partial charge on any atom is 0.329 e. The number of nitrogens with zero attached hydrogens (tertiary/aromatic N) is 6. The van der Waals surface area contributed by atoms with Crippen molar-refractivity contribution in [3.8, 4) is 11.3 Å². The SMILES string of the molecule is Cc1cc(C)c(-c2ccc3c(n2)N(C(=O)Nc2cnccn2)C2CCN3C2)cn1. The first-order valence-electron chi connectivity index (χ1n) is 9.66. The van der Waals surface area contributed by atoms with Crippen LogP contribution in [0.2, 0.25) is 0 Å². The Morgan fingerprint density at radius 1 is 1.17 bits per heavy atom. The zero-order chi connectivity index (χ0) is 20.0. The van der Waals surface area contributed by atoms with Gasteiger partial charge in [0.05, 0.1) is 23.6 Å². The van der Waals surface area contributed by atoms with Crippen molar-refractivity contribution in [1.82, 2.24) is 19.9 Å². The second-order valence-electron chi connectivity index (χ2n) is 7.46. The summed E-state index contributed by atoms with van der Waals surface area (Å²) in [6.07, 6.45) is 7.42. The van der Waals surface area contributed by atoms with E-state index in [2.05, 4.69) is 38.2 Å². The standard InChI is InChI=1S/C21H21N7O/c1-13-9-14(2)24-10-16(13)17-3-4-18-20(25-17)28(15-5-8-27(18)12-15)21(29)26-19-11-22-6-7-23-19/h3-4,6-7,9-11,15H,5,8,12H2,1-2H3,(H,23,26,29). The molecule has 2 aliphatic heterocycles. The molecule has 2 bridgehead atoms. The van der Waals surface area contributed by atoms with Gasteiger partial charge in [-0.25, -0.2) is 14.8 Å². The summed E-state index contributed by atoms with van der Waals surface area (Å²) >= 11 is 0. The first-order chi connectivity index (χ1) is 14.1. The van der Waals surface area contributed by atoms with Gasteiger partial charge in [0.25, 0.3) is 0 Å². The largest absolute Gasteiger partial charge is 0.366 e. The fourth-order valence-corrected chi connectivity index (χ4v) is 4.12. The van der Waals surface area contributed by atoms with Crippen molar-refractivity contribution in [2.75, 3.05) is 28.2 Å². The number of carbonyl (C=O) groups is 1. The summed E-state index contributed by atoms with van der Waals surface area (Å²) in [6.45, 7) is 5.75. The lowest BCUT2D eigenvalue weighted by Crippen LogP contribution is -2.48. The van der Waals surface area contributed by atoms with Gasteiger partial charge in [0.15, 0.2) is 11.6 Å². The van der Waals surface area contributed by atoms with Gasteiger partial charge in [-0.3, -0.25) is 20.2 Å². The number of aromatic nitrogens is 4. The van der Waals surface area contributed by atoms with Crippen LogP contribution in [0, 0.1) is 13.8 Å². The van der Waals surface area contributed by atoms with Gasteiger partial charge in [-0.1, -0.05) is 0 Å². The molecule has 0 saturated carbocycles. The van der Waals surface area contributed by atoms with Crippen LogP contribution in [-0.4, -0.2) is 45.1 Å². The van der Waals surface area contributed by atoms with Crippen molar-refractivity contribution >= 4 is 23.4 Å². The second kappa shape index (κ2) is 6.80. The van der Waals surface area contributed by atoms with Crippen molar-refractivity contribution in [3.63, 3.8) is 0 Å². The van der Waals surface area contributed by atoms with E-state index in [1.165, 1.54) is 6.20 Å². The third kappa shape index (κ3) is 3.06. The highest BCUT2D eigenvalue weighted by molar-refractivity contribution is 6.04. The molecule has 5 rings (SSSR count). The Bertz CT molecular complexity index is 1090. The maximum absolute atomic E-state index is 13.2. The van der Waals surface area contributed by atoms with Crippen molar-refractivity contribution < 1.29 is 4.79 Å². The van der Waals surface area contributed by atoms with Crippen molar-refractivity contribution in [2.24, 2.45) is 0 Å². The van der Waals surface area contributed by atoms with Gasteiger partial charge in [-0.05, 0) is 44.0 Å². The summed E-state index contributed by atoms with van der Waals surface area (Å²) in [5.41, 5.74) is 4.85. The molecule has 3 aromatic rings.